The van der Waals surface area contributed by atoms with Crippen molar-refractivity contribution in [1.82, 2.24) is 5.32 Å². The van der Waals surface area contributed by atoms with E-state index in [9.17, 15) is 22.0 Å². The standard InChI is InChI=1S/C28H25BrF2N2O4S/c1-15(11-16-3-10-22(29)23(31)12-16)38(35,36)33-24-14-25-21(13-20(24)17-4-5-17)26(28(34)32-2)27(37-25)18-6-8-19(30)9-7-18/h3,6-10,12-15,17,33H,4-5,11H2,1-2H3,(H,32,34). The van der Waals surface area contributed by atoms with Crippen molar-refractivity contribution in [3.8, 4) is 11.3 Å². The second kappa shape index (κ2) is 10.1. The molecule has 1 aromatic heterocycles. The van der Waals surface area contributed by atoms with Crippen molar-refractivity contribution in [3.63, 3.8) is 0 Å². The van der Waals surface area contributed by atoms with Gasteiger partial charge < -0.3 is 9.73 Å². The minimum atomic E-state index is -3.86. The Morgan fingerprint density at radius 2 is 1.82 bits per heavy atom. The maximum Gasteiger partial charge on any atom is 0.255 e. The van der Waals surface area contributed by atoms with Crippen molar-refractivity contribution in [3.05, 3.63) is 87.4 Å². The van der Waals surface area contributed by atoms with Crippen LogP contribution >= 0.6 is 15.9 Å². The van der Waals surface area contributed by atoms with E-state index in [4.69, 9.17) is 4.42 Å². The van der Waals surface area contributed by atoms with Crippen LogP contribution in [0.3, 0.4) is 0 Å². The van der Waals surface area contributed by atoms with Gasteiger partial charge in [-0.15, -0.1) is 0 Å². The summed E-state index contributed by atoms with van der Waals surface area (Å²) in [7, 11) is -2.35. The average molecular weight is 603 g/mol. The number of halogens is 3. The van der Waals surface area contributed by atoms with Crippen molar-refractivity contribution in [2.24, 2.45) is 0 Å². The van der Waals surface area contributed by atoms with Crippen LogP contribution in [0.15, 0.2) is 63.5 Å². The van der Waals surface area contributed by atoms with Crippen molar-refractivity contribution in [2.45, 2.75) is 37.4 Å². The molecule has 198 valence electrons. The molecule has 1 saturated carbocycles. The molecule has 0 saturated heterocycles. The Morgan fingerprint density at radius 3 is 2.45 bits per heavy atom. The highest BCUT2D eigenvalue weighted by atomic mass is 79.9. The summed E-state index contributed by atoms with van der Waals surface area (Å²) in [6.45, 7) is 1.57. The largest absolute Gasteiger partial charge is 0.455 e. The maximum atomic E-state index is 14.0. The molecule has 3 aromatic carbocycles. The first-order valence-corrected chi connectivity index (χ1v) is 14.5. The summed E-state index contributed by atoms with van der Waals surface area (Å²) in [6, 6.07) is 13.6. The second-order valence-electron chi connectivity index (χ2n) is 9.51. The fraction of sp³-hybridized carbons (Fsp3) is 0.250. The molecule has 0 aliphatic heterocycles. The number of nitrogens with one attached hydrogen (secondary N) is 2. The number of amides is 1. The van der Waals surface area contributed by atoms with Crippen LogP contribution in [0.5, 0.6) is 0 Å². The van der Waals surface area contributed by atoms with Gasteiger partial charge in [-0.3, -0.25) is 9.52 Å². The third-order valence-corrected chi connectivity index (χ3v) is 9.10. The Morgan fingerprint density at radius 1 is 1.11 bits per heavy atom. The third kappa shape index (κ3) is 5.19. The van der Waals surface area contributed by atoms with Gasteiger partial charge in [-0.25, -0.2) is 17.2 Å². The lowest BCUT2D eigenvalue weighted by atomic mass is 10.0. The van der Waals surface area contributed by atoms with Crippen molar-refractivity contribution in [2.75, 3.05) is 11.8 Å². The van der Waals surface area contributed by atoms with Crippen LogP contribution in [0.2, 0.25) is 0 Å². The van der Waals surface area contributed by atoms with E-state index in [1.165, 1.54) is 37.4 Å². The van der Waals surface area contributed by atoms with Gasteiger partial charge in [0.15, 0.2) is 0 Å². The van der Waals surface area contributed by atoms with E-state index in [2.05, 4.69) is 26.0 Å². The molecule has 10 heteroatoms. The van der Waals surface area contributed by atoms with Crippen LogP contribution in [0.4, 0.5) is 14.5 Å². The Labute approximate surface area is 227 Å². The predicted molar refractivity (Wildman–Crippen MR) is 147 cm³/mol. The monoisotopic (exact) mass is 602 g/mol. The molecule has 1 amide bonds. The predicted octanol–water partition coefficient (Wildman–Crippen LogP) is 6.75. The van der Waals surface area contributed by atoms with Gasteiger partial charge in [0.1, 0.15) is 23.0 Å². The molecule has 1 unspecified atom stereocenters. The summed E-state index contributed by atoms with van der Waals surface area (Å²) in [5, 5.41) is 2.33. The molecule has 4 aromatic rings. The number of fused-ring (bicyclic) bond motifs is 1. The minimum absolute atomic E-state index is 0.122. The molecule has 1 aliphatic carbocycles. The number of hydrogen-bond donors (Lipinski definition) is 2. The molecule has 1 atom stereocenters. The fourth-order valence-corrected chi connectivity index (χ4v) is 5.84. The molecule has 1 fully saturated rings. The molecule has 0 radical (unpaired) electrons. The SMILES string of the molecule is CNC(=O)c1c(-c2ccc(F)cc2)oc2cc(NS(=O)(=O)C(C)Cc3ccc(Br)c(F)c3)c(C3CC3)cc12. The Balaban J connectivity index is 1.55. The summed E-state index contributed by atoms with van der Waals surface area (Å²) < 4.78 is 63.3. The van der Waals surface area contributed by atoms with Gasteiger partial charge in [0.25, 0.3) is 5.91 Å². The lowest BCUT2D eigenvalue weighted by molar-refractivity contribution is 0.0964. The van der Waals surface area contributed by atoms with Gasteiger partial charge in [-0.2, -0.15) is 0 Å². The van der Waals surface area contributed by atoms with Crippen LogP contribution < -0.4 is 10.0 Å². The highest BCUT2D eigenvalue weighted by Gasteiger charge is 2.32. The number of rotatable bonds is 8. The van der Waals surface area contributed by atoms with Crippen LogP contribution in [0, 0.1) is 11.6 Å². The third-order valence-electron chi connectivity index (χ3n) is 6.73. The number of anilines is 1. The van der Waals surface area contributed by atoms with Crippen LogP contribution in [-0.2, 0) is 16.4 Å². The van der Waals surface area contributed by atoms with Gasteiger partial charge >= 0.3 is 0 Å². The van der Waals surface area contributed by atoms with Gasteiger partial charge in [0.05, 0.1) is 21.0 Å². The topological polar surface area (TPSA) is 88.4 Å². The van der Waals surface area contributed by atoms with Gasteiger partial charge in [-0.05, 0) is 102 Å². The van der Waals surface area contributed by atoms with E-state index in [1.54, 1.807) is 31.2 Å². The van der Waals surface area contributed by atoms with E-state index in [0.29, 0.717) is 37.8 Å². The van der Waals surface area contributed by atoms with Crippen LogP contribution in [-0.4, -0.2) is 26.6 Å². The van der Waals surface area contributed by atoms with Crippen molar-refractivity contribution in [1.29, 1.82) is 0 Å². The van der Waals surface area contributed by atoms with E-state index in [1.807, 2.05) is 0 Å². The molecule has 38 heavy (non-hydrogen) atoms. The zero-order chi connectivity index (χ0) is 27.2. The van der Waals surface area contributed by atoms with E-state index in [-0.39, 0.29) is 24.0 Å². The molecular formula is C28H25BrF2N2O4S. The highest BCUT2D eigenvalue weighted by molar-refractivity contribution is 9.10. The first-order valence-electron chi connectivity index (χ1n) is 12.1. The molecule has 0 bridgehead atoms. The number of sulfonamides is 1. The van der Waals surface area contributed by atoms with Gasteiger partial charge in [-0.1, -0.05) is 6.07 Å². The van der Waals surface area contributed by atoms with Crippen molar-refractivity contribution < 1.29 is 26.4 Å². The Hall–Kier alpha value is -3.24. The van der Waals surface area contributed by atoms with Crippen molar-refractivity contribution >= 4 is 48.5 Å². The molecule has 6 nitrogen and oxygen atoms in total. The maximum absolute atomic E-state index is 14.0. The molecule has 1 aliphatic rings. The molecule has 1 heterocycles. The zero-order valence-corrected chi connectivity index (χ0v) is 23.0. The summed E-state index contributed by atoms with van der Waals surface area (Å²) in [5.74, 6) is -0.822. The minimum Gasteiger partial charge on any atom is -0.455 e. The smallest absolute Gasteiger partial charge is 0.255 e. The van der Waals surface area contributed by atoms with E-state index >= 15 is 0 Å². The summed E-state index contributed by atoms with van der Waals surface area (Å²) in [5.41, 5.74) is 2.87. The first-order chi connectivity index (χ1) is 18.1. The van der Waals surface area contributed by atoms with E-state index in [0.717, 1.165) is 18.4 Å². The summed E-state index contributed by atoms with van der Waals surface area (Å²) in [4.78, 5) is 12.9. The van der Waals surface area contributed by atoms with E-state index < -0.39 is 26.9 Å². The molecular weight excluding hydrogens is 578 g/mol. The van der Waals surface area contributed by atoms with Crippen LogP contribution in [0.25, 0.3) is 22.3 Å². The van der Waals surface area contributed by atoms with Gasteiger partial charge in [0.2, 0.25) is 10.0 Å². The number of carbonyl (C=O) groups excluding carboxylic acids is 1. The van der Waals surface area contributed by atoms with Crippen LogP contribution in [0.1, 0.15) is 47.2 Å². The van der Waals surface area contributed by atoms with Gasteiger partial charge in [0, 0.05) is 24.1 Å². The summed E-state index contributed by atoms with van der Waals surface area (Å²) >= 11 is 3.11. The second-order valence-corrected chi connectivity index (χ2v) is 12.5. The number of carbonyl (C=O) groups is 1. The average Bonchev–Trinajstić information content (AvgIpc) is 3.66. The fourth-order valence-electron chi connectivity index (χ4n) is 4.50. The Kier molecular flexibility index (Phi) is 7.04. The first kappa shape index (κ1) is 26.4. The number of benzene rings is 3. The number of furan rings is 1. The molecule has 2 N–H and O–H groups in total. The molecule has 5 rings (SSSR count). The number of hydrogen-bond acceptors (Lipinski definition) is 4. The lowest BCUT2D eigenvalue weighted by Gasteiger charge is -2.17. The molecule has 0 spiro atoms. The Bertz CT molecular complexity index is 1650. The normalized spacial score (nSPS) is 14.4. The lowest BCUT2D eigenvalue weighted by Crippen LogP contribution is -2.27. The quantitative estimate of drug-likeness (QED) is 0.233. The highest BCUT2D eigenvalue weighted by Crippen LogP contribution is 2.47. The summed E-state index contributed by atoms with van der Waals surface area (Å²) in [6.07, 6.45) is 1.91. The zero-order valence-electron chi connectivity index (χ0n) is 20.6.